The number of aromatic nitrogens is 2. The summed E-state index contributed by atoms with van der Waals surface area (Å²) >= 11 is 5.96. The molecule has 1 heterocycles. The maximum Gasteiger partial charge on any atom is 0.241 e. The number of benzene rings is 2. The van der Waals surface area contributed by atoms with E-state index in [1.54, 1.807) is 65.5 Å². The SMILES string of the molecule is Cc1ccc(S(=O)(=O)NC(c2ccc(Cl)cc2)c2nccn2C)cc1. The normalized spacial score (nSPS) is 12.9. The third-order valence-electron chi connectivity index (χ3n) is 3.92. The van der Waals surface area contributed by atoms with Gasteiger partial charge in [-0.1, -0.05) is 41.4 Å². The Morgan fingerprint density at radius 3 is 2.28 bits per heavy atom. The van der Waals surface area contributed by atoms with Crippen molar-refractivity contribution in [1.82, 2.24) is 14.3 Å². The van der Waals surface area contributed by atoms with Gasteiger partial charge in [0.1, 0.15) is 11.9 Å². The molecule has 25 heavy (non-hydrogen) atoms. The van der Waals surface area contributed by atoms with Crippen molar-refractivity contribution < 1.29 is 8.42 Å². The first-order valence-corrected chi connectivity index (χ1v) is 9.54. The molecule has 0 fully saturated rings. The summed E-state index contributed by atoms with van der Waals surface area (Å²) in [4.78, 5) is 4.52. The zero-order valence-electron chi connectivity index (χ0n) is 13.8. The Bertz CT molecular complexity index is 964. The van der Waals surface area contributed by atoms with Crippen LogP contribution in [0.4, 0.5) is 0 Å². The van der Waals surface area contributed by atoms with Gasteiger partial charge in [0.25, 0.3) is 0 Å². The van der Waals surface area contributed by atoms with E-state index in [-0.39, 0.29) is 4.90 Å². The molecule has 5 nitrogen and oxygen atoms in total. The van der Waals surface area contributed by atoms with E-state index in [2.05, 4.69) is 9.71 Å². The van der Waals surface area contributed by atoms with Gasteiger partial charge in [-0.05, 0) is 36.8 Å². The highest BCUT2D eigenvalue weighted by Crippen LogP contribution is 2.24. The molecule has 0 aliphatic rings. The fourth-order valence-corrected chi connectivity index (χ4v) is 3.83. The van der Waals surface area contributed by atoms with Crippen molar-refractivity contribution in [3.8, 4) is 0 Å². The molecule has 1 aromatic heterocycles. The lowest BCUT2D eigenvalue weighted by molar-refractivity contribution is 0.563. The standard InChI is InChI=1S/C18H18ClN3O2S/c1-13-3-9-16(10-4-13)25(23,24)21-17(18-20-11-12-22(18)2)14-5-7-15(19)8-6-14/h3-12,17,21H,1-2H3. The van der Waals surface area contributed by atoms with E-state index in [0.717, 1.165) is 11.1 Å². The van der Waals surface area contributed by atoms with Gasteiger partial charge in [0.05, 0.1) is 4.90 Å². The molecule has 130 valence electrons. The highest BCUT2D eigenvalue weighted by atomic mass is 35.5. The minimum atomic E-state index is -3.71. The van der Waals surface area contributed by atoms with Crippen LogP contribution in [0.3, 0.4) is 0 Å². The highest BCUT2D eigenvalue weighted by Gasteiger charge is 2.25. The fourth-order valence-electron chi connectivity index (χ4n) is 2.52. The molecule has 1 unspecified atom stereocenters. The Hall–Kier alpha value is -2.15. The molecular weight excluding hydrogens is 358 g/mol. The average molecular weight is 376 g/mol. The van der Waals surface area contributed by atoms with Gasteiger partial charge in [0.15, 0.2) is 0 Å². The first-order valence-electron chi connectivity index (χ1n) is 7.68. The molecule has 1 atom stereocenters. The summed E-state index contributed by atoms with van der Waals surface area (Å²) in [5, 5.41) is 0.587. The molecule has 0 saturated carbocycles. The van der Waals surface area contributed by atoms with Crippen LogP contribution in [0, 0.1) is 6.92 Å². The summed E-state index contributed by atoms with van der Waals surface area (Å²) in [6.07, 6.45) is 3.41. The quantitative estimate of drug-likeness (QED) is 0.742. The van der Waals surface area contributed by atoms with Crippen LogP contribution in [0.2, 0.25) is 5.02 Å². The molecule has 0 saturated heterocycles. The molecule has 0 radical (unpaired) electrons. The molecule has 7 heteroatoms. The number of rotatable bonds is 5. The van der Waals surface area contributed by atoms with Gasteiger partial charge in [-0.25, -0.2) is 13.4 Å². The lowest BCUT2D eigenvalue weighted by Crippen LogP contribution is -2.31. The summed E-state index contributed by atoms with van der Waals surface area (Å²) in [6.45, 7) is 1.91. The smallest absolute Gasteiger partial charge is 0.241 e. The molecule has 3 aromatic rings. The third kappa shape index (κ3) is 3.92. The second-order valence-corrected chi connectivity index (χ2v) is 7.97. The maximum atomic E-state index is 12.8. The van der Waals surface area contributed by atoms with Gasteiger partial charge in [0, 0.05) is 24.5 Å². The van der Waals surface area contributed by atoms with Crippen LogP contribution in [0.1, 0.15) is 23.0 Å². The Labute approximate surface area is 152 Å². The van der Waals surface area contributed by atoms with E-state index >= 15 is 0 Å². The van der Waals surface area contributed by atoms with Gasteiger partial charge in [-0.15, -0.1) is 0 Å². The lowest BCUT2D eigenvalue weighted by atomic mass is 10.1. The number of imidazole rings is 1. The highest BCUT2D eigenvalue weighted by molar-refractivity contribution is 7.89. The van der Waals surface area contributed by atoms with Gasteiger partial charge >= 0.3 is 0 Å². The number of hydrogen-bond donors (Lipinski definition) is 1. The first-order chi connectivity index (χ1) is 11.9. The van der Waals surface area contributed by atoms with Crippen molar-refractivity contribution in [3.05, 3.63) is 82.9 Å². The van der Waals surface area contributed by atoms with Crippen LogP contribution in [-0.2, 0) is 17.1 Å². The number of nitrogens with one attached hydrogen (secondary N) is 1. The van der Waals surface area contributed by atoms with Crippen molar-refractivity contribution >= 4 is 21.6 Å². The lowest BCUT2D eigenvalue weighted by Gasteiger charge is -2.19. The molecule has 0 aliphatic carbocycles. The second kappa shape index (κ2) is 7.00. The molecule has 2 aromatic carbocycles. The second-order valence-electron chi connectivity index (χ2n) is 5.82. The van der Waals surface area contributed by atoms with Crippen LogP contribution in [0.5, 0.6) is 0 Å². The fraction of sp³-hybridized carbons (Fsp3) is 0.167. The van der Waals surface area contributed by atoms with Crippen LogP contribution >= 0.6 is 11.6 Å². The predicted molar refractivity (Wildman–Crippen MR) is 98.0 cm³/mol. The number of sulfonamides is 1. The summed E-state index contributed by atoms with van der Waals surface area (Å²) in [7, 11) is -1.89. The van der Waals surface area contributed by atoms with E-state index in [4.69, 9.17) is 11.6 Å². The Morgan fingerprint density at radius 2 is 1.72 bits per heavy atom. The van der Waals surface area contributed by atoms with Gasteiger partial charge in [0.2, 0.25) is 10.0 Å². The largest absolute Gasteiger partial charge is 0.336 e. The van der Waals surface area contributed by atoms with E-state index in [0.29, 0.717) is 10.8 Å². The summed E-state index contributed by atoms with van der Waals surface area (Å²) in [5.41, 5.74) is 1.76. The van der Waals surface area contributed by atoms with Crippen molar-refractivity contribution in [2.45, 2.75) is 17.9 Å². The summed E-state index contributed by atoms with van der Waals surface area (Å²) in [5.74, 6) is 0.595. The first kappa shape index (κ1) is 17.7. The predicted octanol–water partition coefficient (Wildman–Crippen LogP) is 3.45. The van der Waals surface area contributed by atoms with Crippen LogP contribution < -0.4 is 4.72 Å². The summed E-state index contributed by atoms with van der Waals surface area (Å²) < 4.78 is 30.2. The monoisotopic (exact) mass is 375 g/mol. The van der Waals surface area contributed by atoms with E-state index in [9.17, 15) is 8.42 Å². The van der Waals surface area contributed by atoms with Gasteiger partial charge in [-0.3, -0.25) is 0 Å². The number of nitrogens with zero attached hydrogens (tertiary/aromatic N) is 2. The molecule has 0 aliphatic heterocycles. The average Bonchev–Trinajstić information content (AvgIpc) is 3.00. The van der Waals surface area contributed by atoms with Gasteiger partial charge < -0.3 is 4.57 Å². The Balaban J connectivity index is 2.02. The van der Waals surface area contributed by atoms with Crippen molar-refractivity contribution in [1.29, 1.82) is 0 Å². The third-order valence-corrected chi connectivity index (χ3v) is 5.62. The Kier molecular flexibility index (Phi) is 4.94. The van der Waals surface area contributed by atoms with Crippen molar-refractivity contribution in [2.75, 3.05) is 0 Å². The minimum Gasteiger partial charge on any atom is -0.336 e. The number of aryl methyl sites for hydroxylation is 2. The van der Waals surface area contributed by atoms with Crippen LogP contribution in [0.15, 0.2) is 65.8 Å². The van der Waals surface area contributed by atoms with E-state index in [1.165, 1.54) is 0 Å². The molecule has 1 N–H and O–H groups in total. The van der Waals surface area contributed by atoms with Gasteiger partial charge in [-0.2, -0.15) is 4.72 Å². The maximum absolute atomic E-state index is 12.8. The molecule has 3 rings (SSSR count). The molecule has 0 amide bonds. The van der Waals surface area contributed by atoms with Crippen LogP contribution in [0.25, 0.3) is 0 Å². The minimum absolute atomic E-state index is 0.214. The number of hydrogen-bond acceptors (Lipinski definition) is 3. The van der Waals surface area contributed by atoms with Crippen LogP contribution in [-0.4, -0.2) is 18.0 Å². The molecular formula is C18H18ClN3O2S. The topological polar surface area (TPSA) is 64.0 Å². The molecule has 0 bridgehead atoms. The Morgan fingerprint density at radius 1 is 1.08 bits per heavy atom. The zero-order valence-corrected chi connectivity index (χ0v) is 15.4. The zero-order chi connectivity index (χ0) is 18.0. The van der Waals surface area contributed by atoms with Crippen molar-refractivity contribution in [2.24, 2.45) is 7.05 Å². The number of halogens is 1. The summed E-state index contributed by atoms with van der Waals surface area (Å²) in [6, 6.07) is 13.1. The molecule has 0 spiro atoms. The van der Waals surface area contributed by atoms with E-state index in [1.807, 2.05) is 14.0 Å². The van der Waals surface area contributed by atoms with E-state index < -0.39 is 16.1 Å². The van der Waals surface area contributed by atoms with Crippen molar-refractivity contribution in [3.63, 3.8) is 0 Å².